The highest BCUT2D eigenvalue weighted by atomic mass is 16.5. The zero-order chi connectivity index (χ0) is 15.9. The van der Waals surface area contributed by atoms with Gasteiger partial charge in [0.25, 0.3) is 0 Å². The lowest BCUT2D eigenvalue weighted by Gasteiger charge is -2.19. The molecule has 6 heteroatoms. The van der Waals surface area contributed by atoms with Crippen LogP contribution >= 0.6 is 0 Å². The molecule has 0 spiro atoms. The predicted octanol–water partition coefficient (Wildman–Crippen LogP) is 2.37. The fourth-order valence-electron chi connectivity index (χ4n) is 2.36. The van der Waals surface area contributed by atoms with Crippen molar-refractivity contribution in [2.24, 2.45) is 0 Å². The van der Waals surface area contributed by atoms with Gasteiger partial charge >= 0.3 is 0 Å². The fraction of sp³-hybridized carbons (Fsp3) is 0.294. The lowest BCUT2D eigenvalue weighted by atomic mass is 10.1. The second-order valence-corrected chi connectivity index (χ2v) is 5.26. The Morgan fingerprint density at radius 2 is 1.96 bits per heavy atom. The van der Waals surface area contributed by atoms with Crippen molar-refractivity contribution in [3.8, 4) is 11.4 Å². The molecule has 0 bridgehead atoms. The van der Waals surface area contributed by atoms with Crippen LogP contribution in [0, 0.1) is 0 Å². The van der Waals surface area contributed by atoms with Gasteiger partial charge in [0.1, 0.15) is 6.26 Å². The van der Waals surface area contributed by atoms with Crippen LogP contribution in [-0.2, 0) is 13.0 Å². The van der Waals surface area contributed by atoms with E-state index in [1.807, 2.05) is 18.2 Å². The number of hydrogen-bond acceptors (Lipinski definition) is 6. The van der Waals surface area contributed by atoms with Crippen LogP contribution in [0.25, 0.3) is 11.4 Å². The summed E-state index contributed by atoms with van der Waals surface area (Å²) in [6.45, 7) is 1.99. The third kappa shape index (κ3) is 4.28. The van der Waals surface area contributed by atoms with Crippen LogP contribution in [0.3, 0.4) is 0 Å². The van der Waals surface area contributed by atoms with Gasteiger partial charge in [-0.05, 0) is 18.1 Å². The summed E-state index contributed by atoms with van der Waals surface area (Å²) in [5.41, 5.74) is 2.05. The highest BCUT2D eigenvalue weighted by Crippen LogP contribution is 2.16. The van der Waals surface area contributed by atoms with Crippen LogP contribution in [0.1, 0.15) is 11.5 Å². The molecule has 0 aliphatic heterocycles. The van der Waals surface area contributed by atoms with Gasteiger partial charge in [-0.3, -0.25) is 4.90 Å². The van der Waals surface area contributed by atoms with Crippen LogP contribution < -0.4 is 0 Å². The maximum atomic E-state index is 9.25. The van der Waals surface area contributed by atoms with Gasteiger partial charge in [0.05, 0.1) is 25.0 Å². The van der Waals surface area contributed by atoms with Gasteiger partial charge in [-0.1, -0.05) is 35.5 Å². The van der Waals surface area contributed by atoms with E-state index in [-0.39, 0.29) is 6.61 Å². The van der Waals surface area contributed by atoms with Crippen molar-refractivity contribution >= 4 is 0 Å². The number of aromatic nitrogens is 2. The summed E-state index contributed by atoms with van der Waals surface area (Å²) in [6.07, 6.45) is 4.06. The zero-order valence-electron chi connectivity index (χ0n) is 12.8. The molecule has 0 saturated heterocycles. The van der Waals surface area contributed by atoms with E-state index in [1.54, 1.807) is 18.6 Å². The number of hydrogen-bond donors (Lipinski definition) is 1. The number of benzene rings is 1. The van der Waals surface area contributed by atoms with E-state index in [1.165, 1.54) is 5.56 Å². The molecule has 3 aromatic rings. The van der Waals surface area contributed by atoms with Crippen molar-refractivity contribution in [2.75, 3.05) is 19.7 Å². The Bertz CT molecular complexity index is 695. The summed E-state index contributed by atoms with van der Waals surface area (Å²) in [7, 11) is 0. The molecule has 0 atom stereocenters. The van der Waals surface area contributed by atoms with Crippen molar-refractivity contribution in [1.82, 2.24) is 15.0 Å². The van der Waals surface area contributed by atoms with Crippen molar-refractivity contribution in [1.29, 1.82) is 0 Å². The number of rotatable bonds is 8. The highest BCUT2D eigenvalue weighted by molar-refractivity contribution is 5.51. The summed E-state index contributed by atoms with van der Waals surface area (Å²) >= 11 is 0. The smallest absolute Gasteiger partial charge is 0.241 e. The number of aliphatic hydroxyl groups is 1. The molecular weight excluding hydrogens is 294 g/mol. The Labute approximate surface area is 134 Å². The van der Waals surface area contributed by atoms with Crippen molar-refractivity contribution in [3.05, 3.63) is 60.4 Å². The molecule has 0 unspecified atom stereocenters. The molecule has 2 aromatic heterocycles. The molecule has 6 nitrogen and oxygen atoms in total. The average Bonchev–Trinajstić information content (AvgIpc) is 3.25. The quantitative estimate of drug-likeness (QED) is 0.688. The van der Waals surface area contributed by atoms with Gasteiger partial charge in [0.2, 0.25) is 11.7 Å². The van der Waals surface area contributed by atoms with E-state index in [9.17, 15) is 5.11 Å². The summed E-state index contributed by atoms with van der Waals surface area (Å²) in [4.78, 5) is 6.47. The first kappa shape index (κ1) is 15.5. The molecular formula is C17H19N3O3. The van der Waals surface area contributed by atoms with Gasteiger partial charge in [-0.15, -0.1) is 0 Å². The molecule has 0 fully saturated rings. The Balaban J connectivity index is 1.60. The van der Waals surface area contributed by atoms with Crippen LogP contribution in [-0.4, -0.2) is 39.8 Å². The molecule has 2 heterocycles. The minimum atomic E-state index is 0.0948. The summed E-state index contributed by atoms with van der Waals surface area (Å²) in [5, 5.41) is 13.2. The minimum Gasteiger partial charge on any atom is -0.472 e. The van der Waals surface area contributed by atoms with Crippen LogP contribution in [0.2, 0.25) is 0 Å². The Morgan fingerprint density at radius 3 is 2.70 bits per heavy atom. The molecule has 23 heavy (non-hydrogen) atoms. The maximum absolute atomic E-state index is 9.25. The fourth-order valence-corrected chi connectivity index (χ4v) is 2.36. The monoisotopic (exact) mass is 313 g/mol. The van der Waals surface area contributed by atoms with Gasteiger partial charge < -0.3 is 14.0 Å². The first-order valence-electron chi connectivity index (χ1n) is 7.57. The van der Waals surface area contributed by atoms with E-state index in [0.717, 1.165) is 18.5 Å². The molecule has 1 N–H and O–H groups in total. The largest absolute Gasteiger partial charge is 0.472 e. The average molecular weight is 313 g/mol. The molecule has 0 amide bonds. The summed E-state index contributed by atoms with van der Waals surface area (Å²) < 4.78 is 10.3. The van der Waals surface area contributed by atoms with E-state index in [2.05, 4.69) is 27.2 Å². The molecule has 1 aromatic carbocycles. The van der Waals surface area contributed by atoms with Crippen LogP contribution in [0.5, 0.6) is 0 Å². The van der Waals surface area contributed by atoms with Gasteiger partial charge in [-0.2, -0.15) is 4.98 Å². The third-order valence-electron chi connectivity index (χ3n) is 3.58. The highest BCUT2D eigenvalue weighted by Gasteiger charge is 2.13. The third-order valence-corrected chi connectivity index (χ3v) is 3.58. The van der Waals surface area contributed by atoms with Crippen LogP contribution in [0.4, 0.5) is 0 Å². The summed E-state index contributed by atoms with van der Waals surface area (Å²) in [6, 6.07) is 12.0. The minimum absolute atomic E-state index is 0.0948. The second-order valence-electron chi connectivity index (χ2n) is 5.26. The Morgan fingerprint density at radius 1 is 1.09 bits per heavy atom. The topological polar surface area (TPSA) is 75.5 Å². The molecule has 120 valence electrons. The van der Waals surface area contributed by atoms with E-state index < -0.39 is 0 Å². The lowest BCUT2D eigenvalue weighted by Crippen LogP contribution is -2.28. The number of aliphatic hydroxyl groups excluding tert-OH is 1. The molecule has 0 saturated carbocycles. The standard InChI is InChI=1S/C17H19N3O3/c21-10-9-20(8-6-14-4-2-1-3-5-14)12-16-18-17(19-23-16)15-7-11-22-13-15/h1-5,7,11,13,21H,6,8-10,12H2. The zero-order valence-corrected chi connectivity index (χ0v) is 12.8. The van der Waals surface area contributed by atoms with Gasteiger partial charge in [-0.25, -0.2) is 0 Å². The Kier molecular flexibility index (Phi) is 5.18. The number of nitrogens with zero attached hydrogens (tertiary/aromatic N) is 3. The number of furan rings is 1. The second kappa shape index (κ2) is 7.71. The van der Waals surface area contributed by atoms with E-state index >= 15 is 0 Å². The Hall–Kier alpha value is -2.44. The predicted molar refractivity (Wildman–Crippen MR) is 84.5 cm³/mol. The molecule has 0 radical (unpaired) electrons. The maximum Gasteiger partial charge on any atom is 0.241 e. The lowest BCUT2D eigenvalue weighted by molar-refractivity contribution is 0.175. The van der Waals surface area contributed by atoms with Crippen molar-refractivity contribution in [3.63, 3.8) is 0 Å². The van der Waals surface area contributed by atoms with Crippen molar-refractivity contribution < 1.29 is 14.0 Å². The SMILES string of the molecule is OCCN(CCc1ccccc1)Cc1nc(-c2ccoc2)no1. The first-order chi connectivity index (χ1) is 11.3. The van der Waals surface area contributed by atoms with Crippen LogP contribution in [0.15, 0.2) is 57.9 Å². The van der Waals surface area contributed by atoms with Gasteiger partial charge in [0.15, 0.2) is 0 Å². The first-order valence-corrected chi connectivity index (χ1v) is 7.57. The molecule has 0 aliphatic rings. The van der Waals surface area contributed by atoms with Gasteiger partial charge in [0, 0.05) is 13.1 Å². The van der Waals surface area contributed by atoms with Crippen molar-refractivity contribution in [2.45, 2.75) is 13.0 Å². The normalized spacial score (nSPS) is 11.2. The molecule has 0 aliphatic carbocycles. The molecule has 3 rings (SSSR count). The summed E-state index contributed by atoms with van der Waals surface area (Å²) in [5.74, 6) is 1.04. The van der Waals surface area contributed by atoms with E-state index in [0.29, 0.717) is 24.8 Å². The van der Waals surface area contributed by atoms with E-state index in [4.69, 9.17) is 8.94 Å².